The van der Waals surface area contributed by atoms with E-state index in [0.29, 0.717) is 25.7 Å². The Morgan fingerprint density at radius 1 is 1.33 bits per heavy atom. The number of nitrogens with zero attached hydrogens (tertiary/aromatic N) is 1. The minimum atomic E-state index is -1.28. The first kappa shape index (κ1) is 12.9. The van der Waals surface area contributed by atoms with E-state index in [1.807, 2.05) is 0 Å². The molecular weight excluding hydrogens is 242 g/mol. The molecule has 0 bridgehead atoms. The van der Waals surface area contributed by atoms with Crippen LogP contribution in [0.15, 0.2) is 12.3 Å². The molecule has 0 atom stereocenters. The Kier molecular flexibility index (Phi) is 3.86. The molecule has 1 saturated carbocycles. The van der Waals surface area contributed by atoms with Crippen molar-refractivity contribution in [2.24, 2.45) is 0 Å². The number of hydrogen-bond donors (Lipinski definition) is 2. The second kappa shape index (κ2) is 5.39. The van der Waals surface area contributed by atoms with Gasteiger partial charge in [0.05, 0.1) is 11.7 Å². The quantitative estimate of drug-likeness (QED) is 0.786. The highest BCUT2D eigenvalue weighted by Crippen LogP contribution is 2.19. The lowest BCUT2D eigenvalue weighted by atomic mass is 9.93. The molecule has 2 rings (SSSR count). The summed E-state index contributed by atoms with van der Waals surface area (Å²) < 4.78 is 26.2. The summed E-state index contributed by atoms with van der Waals surface area (Å²) in [5, 5.41) is 12.0. The van der Waals surface area contributed by atoms with Crippen molar-refractivity contribution in [1.29, 1.82) is 0 Å². The monoisotopic (exact) mass is 256 g/mol. The van der Waals surface area contributed by atoms with E-state index < -0.39 is 17.7 Å². The summed E-state index contributed by atoms with van der Waals surface area (Å²) >= 11 is 0. The second-order valence-electron chi connectivity index (χ2n) is 4.44. The van der Waals surface area contributed by atoms with E-state index in [1.54, 1.807) is 0 Å². The van der Waals surface area contributed by atoms with Crippen molar-refractivity contribution in [2.45, 2.75) is 37.8 Å². The predicted molar refractivity (Wildman–Crippen MR) is 59.9 cm³/mol. The third-order valence-electron chi connectivity index (χ3n) is 3.12. The van der Waals surface area contributed by atoms with Crippen LogP contribution in [0.1, 0.15) is 36.0 Å². The van der Waals surface area contributed by atoms with Gasteiger partial charge in [0, 0.05) is 12.2 Å². The molecule has 18 heavy (non-hydrogen) atoms. The maximum Gasteiger partial charge on any atom is 0.254 e. The van der Waals surface area contributed by atoms with Crippen LogP contribution in [0.25, 0.3) is 0 Å². The van der Waals surface area contributed by atoms with Gasteiger partial charge in [-0.3, -0.25) is 4.79 Å². The van der Waals surface area contributed by atoms with Crippen LogP contribution in [0.5, 0.6) is 0 Å². The zero-order chi connectivity index (χ0) is 13.1. The minimum Gasteiger partial charge on any atom is -0.393 e. The first-order chi connectivity index (χ1) is 8.58. The smallest absolute Gasteiger partial charge is 0.254 e. The molecule has 1 aromatic rings. The van der Waals surface area contributed by atoms with E-state index in [0.717, 1.165) is 12.3 Å². The number of aliphatic hydroxyl groups excluding tert-OH is 1. The number of carbonyl (C=O) groups excluding carboxylic acids is 1. The topological polar surface area (TPSA) is 62.2 Å². The molecule has 1 aliphatic carbocycles. The summed E-state index contributed by atoms with van der Waals surface area (Å²) in [5.74, 6) is -3.15. The maximum atomic E-state index is 13.3. The summed E-state index contributed by atoms with van der Waals surface area (Å²) in [6, 6.07) is 1.04. The normalized spacial score (nSPS) is 23.7. The molecule has 1 aliphatic rings. The zero-order valence-electron chi connectivity index (χ0n) is 9.70. The van der Waals surface area contributed by atoms with E-state index in [4.69, 9.17) is 0 Å². The molecule has 1 heterocycles. The van der Waals surface area contributed by atoms with Gasteiger partial charge < -0.3 is 10.4 Å². The van der Waals surface area contributed by atoms with Crippen molar-refractivity contribution in [2.75, 3.05) is 0 Å². The molecule has 1 aromatic heterocycles. The minimum absolute atomic E-state index is 0.100. The molecule has 0 aliphatic heterocycles. The summed E-state index contributed by atoms with van der Waals surface area (Å²) in [6.07, 6.45) is 3.23. The van der Waals surface area contributed by atoms with E-state index in [9.17, 15) is 18.7 Å². The van der Waals surface area contributed by atoms with Gasteiger partial charge in [-0.1, -0.05) is 0 Å². The standard InChI is InChI=1S/C12H14F2N2O2/c13-10-9(5-6-15-11(10)14)12(18)16-7-1-3-8(17)4-2-7/h5-8,17H,1-4H2,(H,16,18). The van der Waals surface area contributed by atoms with Gasteiger partial charge in [0.1, 0.15) is 0 Å². The van der Waals surface area contributed by atoms with Gasteiger partial charge >= 0.3 is 0 Å². The highest BCUT2D eigenvalue weighted by atomic mass is 19.2. The molecule has 2 N–H and O–H groups in total. The van der Waals surface area contributed by atoms with E-state index in [2.05, 4.69) is 10.3 Å². The van der Waals surface area contributed by atoms with E-state index in [1.165, 1.54) is 0 Å². The van der Waals surface area contributed by atoms with Crippen LogP contribution in [0, 0.1) is 11.8 Å². The fraction of sp³-hybridized carbons (Fsp3) is 0.500. The fourth-order valence-electron chi connectivity index (χ4n) is 2.08. The molecule has 0 aromatic carbocycles. The summed E-state index contributed by atoms with van der Waals surface area (Å²) in [7, 11) is 0. The van der Waals surface area contributed by atoms with Gasteiger partial charge in [-0.25, -0.2) is 9.37 Å². The third-order valence-corrected chi connectivity index (χ3v) is 3.12. The van der Waals surface area contributed by atoms with Crippen molar-refractivity contribution in [3.05, 3.63) is 29.6 Å². The molecule has 0 radical (unpaired) electrons. The number of carbonyl (C=O) groups is 1. The molecule has 4 nitrogen and oxygen atoms in total. The van der Waals surface area contributed by atoms with Crippen molar-refractivity contribution in [3.8, 4) is 0 Å². The molecule has 0 spiro atoms. The Morgan fingerprint density at radius 2 is 2.00 bits per heavy atom. The first-order valence-corrected chi connectivity index (χ1v) is 5.87. The number of aromatic nitrogens is 1. The van der Waals surface area contributed by atoms with Gasteiger partial charge in [-0.15, -0.1) is 0 Å². The van der Waals surface area contributed by atoms with E-state index >= 15 is 0 Å². The Balaban J connectivity index is 2.01. The summed E-state index contributed by atoms with van der Waals surface area (Å²) in [6.45, 7) is 0. The molecule has 0 unspecified atom stereocenters. The van der Waals surface area contributed by atoms with Crippen LogP contribution in [-0.4, -0.2) is 28.1 Å². The van der Waals surface area contributed by atoms with Crippen molar-refractivity contribution < 1.29 is 18.7 Å². The molecule has 98 valence electrons. The van der Waals surface area contributed by atoms with Crippen LogP contribution in [0.3, 0.4) is 0 Å². The lowest BCUT2D eigenvalue weighted by Gasteiger charge is -2.26. The number of nitrogens with one attached hydrogen (secondary N) is 1. The predicted octanol–water partition coefficient (Wildman–Crippen LogP) is 1.39. The lowest BCUT2D eigenvalue weighted by molar-refractivity contribution is 0.0863. The number of pyridine rings is 1. The molecule has 1 fully saturated rings. The lowest BCUT2D eigenvalue weighted by Crippen LogP contribution is -2.39. The van der Waals surface area contributed by atoms with Crippen LogP contribution in [0.4, 0.5) is 8.78 Å². The Hall–Kier alpha value is -1.56. The summed E-state index contributed by atoms with van der Waals surface area (Å²) in [4.78, 5) is 14.9. The Morgan fingerprint density at radius 3 is 2.67 bits per heavy atom. The fourth-order valence-corrected chi connectivity index (χ4v) is 2.08. The van der Waals surface area contributed by atoms with Crippen molar-refractivity contribution in [3.63, 3.8) is 0 Å². The highest BCUT2D eigenvalue weighted by molar-refractivity contribution is 5.94. The largest absolute Gasteiger partial charge is 0.393 e. The van der Waals surface area contributed by atoms with Gasteiger partial charge in [-0.2, -0.15) is 4.39 Å². The number of rotatable bonds is 2. The average molecular weight is 256 g/mol. The second-order valence-corrected chi connectivity index (χ2v) is 4.44. The van der Waals surface area contributed by atoms with Crippen LogP contribution in [0.2, 0.25) is 0 Å². The highest BCUT2D eigenvalue weighted by Gasteiger charge is 2.23. The number of amides is 1. The molecule has 1 amide bonds. The average Bonchev–Trinajstić information content (AvgIpc) is 2.35. The third kappa shape index (κ3) is 2.81. The first-order valence-electron chi connectivity index (χ1n) is 5.87. The van der Waals surface area contributed by atoms with Crippen LogP contribution in [-0.2, 0) is 0 Å². The van der Waals surface area contributed by atoms with Crippen molar-refractivity contribution >= 4 is 5.91 Å². The number of hydrogen-bond acceptors (Lipinski definition) is 3. The van der Waals surface area contributed by atoms with E-state index in [-0.39, 0.29) is 17.7 Å². The van der Waals surface area contributed by atoms with Gasteiger partial charge in [0.25, 0.3) is 5.91 Å². The summed E-state index contributed by atoms with van der Waals surface area (Å²) in [5.41, 5.74) is -0.339. The zero-order valence-corrected chi connectivity index (χ0v) is 9.70. The molecule has 6 heteroatoms. The Bertz CT molecular complexity index is 446. The Labute approximate surface area is 103 Å². The van der Waals surface area contributed by atoms with Crippen LogP contribution < -0.4 is 5.32 Å². The SMILES string of the molecule is O=C(NC1CCC(O)CC1)c1ccnc(F)c1F. The number of halogens is 2. The molecule has 0 saturated heterocycles. The van der Waals surface area contributed by atoms with Gasteiger partial charge in [-0.05, 0) is 31.7 Å². The van der Waals surface area contributed by atoms with Crippen LogP contribution >= 0.6 is 0 Å². The molecular formula is C12H14F2N2O2. The maximum absolute atomic E-state index is 13.3. The number of aliphatic hydroxyl groups is 1. The van der Waals surface area contributed by atoms with Crippen molar-refractivity contribution in [1.82, 2.24) is 10.3 Å². The van der Waals surface area contributed by atoms with Gasteiger partial charge in [0.15, 0.2) is 5.82 Å². The van der Waals surface area contributed by atoms with Gasteiger partial charge in [0.2, 0.25) is 5.95 Å².